The lowest BCUT2D eigenvalue weighted by Crippen LogP contribution is -2.19. The maximum absolute atomic E-state index is 12.2. The number of hydrogen-bond donors (Lipinski definition) is 1. The molecule has 0 aromatic carbocycles. The van der Waals surface area contributed by atoms with Crippen molar-refractivity contribution in [3.8, 4) is 5.88 Å². The molecule has 0 atom stereocenters. The summed E-state index contributed by atoms with van der Waals surface area (Å²) in [5, 5.41) is 1.59. The number of halogens is 4. The SMILES string of the molecule is FC(F)(F)COc1ccc(CCc2ccc(Cc3c[nH]c4ncc(Cl)cc34)cn2)cn1. The van der Waals surface area contributed by atoms with E-state index in [1.54, 1.807) is 12.3 Å². The van der Waals surface area contributed by atoms with Crippen molar-refractivity contribution in [3.05, 3.63) is 82.5 Å². The predicted molar refractivity (Wildman–Crippen MR) is 111 cm³/mol. The van der Waals surface area contributed by atoms with Gasteiger partial charge in [0, 0.05) is 48.4 Å². The summed E-state index contributed by atoms with van der Waals surface area (Å²) in [6.45, 7) is -1.35. The van der Waals surface area contributed by atoms with E-state index in [4.69, 9.17) is 11.6 Å². The van der Waals surface area contributed by atoms with Crippen LogP contribution in [0.25, 0.3) is 11.0 Å². The molecule has 9 heteroatoms. The smallest absolute Gasteiger partial charge is 0.422 e. The Morgan fingerprint density at radius 1 is 0.935 bits per heavy atom. The van der Waals surface area contributed by atoms with Crippen LogP contribution in [0.1, 0.15) is 22.4 Å². The number of ether oxygens (including phenoxy) is 1. The highest BCUT2D eigenvalue weighted by Crippen LogP contribution is 2.23. The van der Waals surface area contributed by atoms with Crippen LogP contribution in [-0.4, -0.2) is 32.7 Å². The number of aryl methyl sites for hydroxylation is 2. The highest BCUT2D eigenvalue weighted by Gasteiger charge is 2.28. The highest BCUT2D eigenvalue weighted by molar-refractivity contribution is 6.31. The van der Waals surface area contributed by atoms with Gasteiger partial charge in [0.2, 0.25) is 5.88 Å². The van der Waals surface area contributed by atoms with Crippen molar-refractivity contribution in [2.45, 2.75) is 25.4 Å². The number of alkyl halides is 3. The fourth-order valence-corrected chi connectivity index (χ4v) is 3.34. The van der Waals surface area contributed by atoms with Crippen LogP contribution in [0.2, 0.25) is 5.02 Å². The fourth-order valence-electron chi connectivity index (χ4n) is 3.18. The van der Waals surface area contributed by atoms with Gasteiger partial charge in [0.15, 0.2) is 6.61 Å². The van der Waals surface area contributed by atoms with Gasteiger partial charge in [-0.25, -0.2) is 9.97 Å². The fraction of sp³-hybridized carbons (Fsp3) is 0.227. The number of aromatic nitrogens is 4. The van der Waals surface area contributed by atoms with Crippen LogP contribution in [0.4, 0.5) is 13.2 Å². The molecule has 0 unspecified atom stereocenters. The van der Waals surface area contributed by atoms with Gasteiger partial charge < -0.3 is 9.72 Å². The van der Waals surface area contributed by atoms with E-state index >= 15 is 0 Å². The zero-order valence-electron chi connectivity index (χ0n) is 16.3. The number of hydrogen-bond acceptors (Lipinski definition) is 4. The zero-order valence-corrected chi connectivity index (χ0v) is 17.0. The standard InChI is InChI=1S/C22H18ClF3N4O/c23-17-8-19-16(11-29-21(19)30-12-17)7-15-2-5-18(27-10-15)4-1-14-3-6-20(28-9-14)31-13-22(24,25)26/h2-3,5-6,8-12H,1,4,7,13H2,(H,29,30). The molecule has 4 rings (SSSR count). The largest absolute Gasteiger partial charge is 0.468 e. The molecule has 0 aliphatic carbocycles. The summed E-state index contributed by atoms with van der Waals surface area (Å²) < 4.78 is 41.2. The van der Waals surface area contributed by atoms with Crippen LogP contribution in [0.5, 0.6) is 5.88 Å². The van der Waals surface area contributed by atoms with E-state index in [2.05, 4.69) is 24.7 Å². The third kappa shape index (κ3) is 5.73. The minimum Gasteiger partial charge on any atom is -0.468 e. The Labute approximate surface area is 181 Å². The summed E-state index contributed by atoms with van der Waals surface area (Å²) in [5.41, 5.74) is 4.78. The molecule has 0 spiro atoms. The van der Waals surface area contributed by atoms with Crippen LogP contribution in [-0.2, 0) is 19.3 Å². The Bertz CT molecular complexity index is 1160. The zero-order chi connectivity index (χ0) is 21.8. The van der Waals surface area contributed by atoms with Gasteiger partial charge >= 0.3 is 6.18 Å². The molecule has 4 aromatic rings. The number of H-pyrrole nitrogens is 1. The molecule has 0 bridgehead atoms. The van der Waals surface area contributed by atoms with E-state index < -0.39 is 12.8 Å². The number of nitrogens with one attached hydrogen (secondary N) is 1. The van der Waals surface area contributed by atoms with Crippen molar-refractivity contribution in [1.29, 1.82) is 0 Å². The molecule has 4 aromatic heterocycles. The van der Waals surface area contributed by atoms with Gasteiger partial charge in [0.05, 0.1) is 5.02 Å². The first-order valence-corrected chi connectivity index (χ1v) is 9.93. The van der Waals surface area contributed by atoms with Crippen molar-refractivity contribution in [2.24, 2.45) is 0 Å². The molecule has 4 heterocycles. The molecule has 0 saturated carbocycles. The normalized spacial score (nSPS) is 11.7. The molecule has 0 saturated heterocycles. The maximum Gasteiger partial charge on any atom is 0.422 e. The molecule has 0 fully saturated rings. The van der Waals surface area contributed by atoms with E-state index in [1.165, 1.54) is 12.3 Å². The first-order chi connectivity index (χ1) is 14.9. The summed E-state index contributed by atoms with van der Waals surface area (Å²) in [4.78, 5) is 15.9. The van der Waals surface area contributed by atoms with Gasteiger partial charge in [0.25, 0.3) is 0 Å². The lowest BCUT2D eigenvalue weighted by molar-refractivity contribution is -0.154. The number of fused-ring (bicyclic) bond motifs is 1. The summed E-state index contributed by atoms with van der Waals surface area (Å²) >= 11 is 6.05. The average Bonchev–Trinajstić information content (AvgIpc) is 3.14. The predicted octanol–water partition coefficient (Wildman–Crippen LogP) is 5.32. The summed E-state index contributed by atoms with van der Waals surface area (Å²) in [6, 6.07) is 9.06. The molecular formula is C22H18ClF3N4O. The second kappa shape index (κ2) is 8.93. The number of pyridine rings is 3. The molecule has 160 valence electrons. The van der Waals surface area contributed by atoms with Crippen LogP contribution < -0.4 is 4.74 Å². The molecule has 5 nitrogen and oxygen atoms in total. The minimum absolute atomic E-state index is 0.0441. The van der Waals surface area contributed by atoms with Crippen molar-refractivity contribution >= 4 is 22.6 Å². The lowest BCUT2D eigenvalue weighted by Gasteiger charge is -2.08. The van der Waals surface area contributed by atoms with Gasteiger partial charge in [-0.15, -0.1) is 0 Å². The maximum atomic E-state index is 12.2. The quantitative estimate of drug-likeness (QED) is 0.417. The second-order valence-corrected chi connectivity index (χ2v) is 7.54. The lowest BCUT2D eigenvalue weighted by atomic mass is 10.1. The molecule has 31 heavy (non-hydrogen) atoms. The van der Waals surface area contributed by atoms with Crippen LogP contribution in [0.15, 0.2) is 55.1 Å². The van der Waals surface area contributed by atoms with Gasteiger partial charge in [-0.05, 0) is 41.7 Å². The molecule has 0 radical (unpaired) electrons. The van der Waals surface area contributed by atoms with Gasteiger partial charge in [-0.2, -0.15) is 13.2 Å². The van der Waals surface area contributed by atoms with Gasteiger partial charge in [-0.3, -0.25) is 4.98 Å². The molecule has 1 N–H and O–H groups in total. The van der Waals surface area contributed by atoms with Crippen molar-refractivity contribution in [3.63, 3.8) is 0 Å². The van der Waals surface area contributed by atoms with Crippen LogP contribution in [0, 0.1) is 0 Å². The number of rotatable bonds is 7. The first-order valence-electron chi connectivity index (χ1n) is 9.55. The third-order valence-corrected chi connectivity index (χ3v) is 4.92. The second-order valence-electron chi connectivity index (χ2n) is 7.11. The number of nitrogens with zero attached hydrogens (tertiary/aromatic N) is 3. The monoisotopic (exact) mass is 446 g/mol. The van der Waals surface area contributed by atoms with Crippen molar-refractivity contribution in [1.82, 2.24) is 19.9 Å². The first kappa shape index (κ1) is 21.1. The topological polar surface area (TPSA) is 63.7 Å². The Hall–Kier alpha value is -3.13. The van der Waals surface area contributed by atoms with E-state index in [0.29, 0.717) is 24.3 Å². The Morgan fingerprint density at radius 3 is 2.45 bits per heavy atom. The highest BCUT2D eigenvalue weighted by atomic mass is 35.5. The van der Waals surface area contributed by atoms with E-state index in [0.717, 1.165) is 33.4 Å². The molecule has 0 amide bonds. The van der Waals surface area contributed by atoms with Crippen LogP contribution >= 0.6 is 11.6 Å². The Morgan fingerprint density at radius 2 is 1.74 bits per heavy atom. The van der Waals surface area contributed by atoms with Crippen LogP contribution in [0.3, 0.4) is 0 Å². The average molecular weight is 447 g/mol. The summed E-state index contributed by atoms with van der Waals surface area (Å²) in [6.07, 6.45) is 4.60. The molecule has 0 aliphatic heterocycles. The van der Waals surface area contributed by atoms with Gasteiger partial charge in [-0.1, -0.05) is 23.7 Å². The molecule has 0 aliphatic rings. The van der Waals surface area contributed by atoms with E-state index in [9.17, 15) is 13.2 Å². The molecular weight excluding hydrogens is 429 g/mol. The summed E-state index contributed by atoms with van der Waals surface area (Å²) in [7, 11) is 0. The Balaban J connectivity index is 1.33. The van der Waals surface area contributed by atoms with E-state index in [1.807, 2.05) is 30.6 Å². The minimum atomic E-state index is -4.38. The number of aromatic amines is 1. The third-order valence-electron chi connectivity index (χ3n) is 4.72. The van der Waals surface area contributed by atoms with E-state index in [-0.39, 0.29) is 5.88 Å². The summed E-state index contributed by atoms with van der Waals surface area (Å²) in [5.74, 6) is -0.0441. The van der Waals surface area contributed by atoms with Gasteiger partial charge in [0.1, 0.15) is 5.65 Å². The van der Waals surface area contributed by atoms with Crippen molar-refractivity contribution < 1.29 is 17.9 Å². The Kier molecular flexibility index (Phi) is 6.08. The van der Waals surface area contributed by atoms with Crippen molar-refractivity contribution in [2.75, 3.05) is 6.61 Å².